The monoisotopic (exact) mass is 300 g/mol. The van der Waals surface area contributed by atoms with Crippen LogP contribution in [-0.2, 0) is 0 Å². The molecule has 0 saturated carbocycles. The van der Waals surface area contributed by atoms with Gasteiger partial charge in [0, 0.05) is 0 Å². The minimum Gasteiger partial charge on any atom is -0.497 e. The van der Waals surface area contributed by atoms with Gasteiger partial charge >= 0.3 is 0 Å². The van der Waals surface area contributed by atoms with Gasteiger partial charge in [0.1, 0.15) is 5.75 Å². The number of aromatic nitrogens is 3. The Morgan fingerprint density at radius 1 is 1.38 bits per heavy atom. The van der Waals surface area contributed by atoms with Crippen molar-refractivity contribution in [3.63, 3.8) is 0 Å². The first-order valence-corrected chi connectivity index (χ1v) is 6.58. The predicted molar refractivity (Wildman–Crippen MR) is 81.1 cm³/mol. The largest absolute Gasteiger partial charge is 0.497 e. The quantitative estimate of drug-likeness (QED) is 0.594. The predicted octanol–water partition coefficient (Wildman–Crippen LogP) is 3.09. The second-order valence-electron chi connectivity index (χ2n) is 4.16. The van der Waals surface area contributed by atoms with Gasteiger partial charge in [-0.2, -0.15) is 9.78 Å². The number of aromatic amines is 1. The van der Waals surface area contributed by atoms with E-state index in [4.69, 9.17) is 21.4 Å². The summed E-state index contributed by atoms with van der Waals surface area (Å²) in [7, 11) is 1.62. The van der Waals surface area contributed by atoms with Crippen molar-refractivity contribution in [3.05, 3.63) is 53.0 Å². The smallest absolute Gasteiger partial charge is 0.219 e. The van der Waals surface area contributed by atoms with Crippen molar-refractivity contribution in [2.24, 2.45) is 5.10 Å². The van der Waals surface area contributed by atoms with Crippen molar-refractivity contribution in [2.45, 2.75) is 0 Å². The van der Waals surface area contributed by atoms with Gasteiger partial charge in [-0.25, -0.2) is 5.10 Å². The van der Waals surface area contributed by atoms with Crippen molar-refractivity contribution in [2.75, 3.05) is 7.11 Å². The molecule has 3 rings (SSSR count). The topological polar surface area (TPSA) is 68.3 Å². The molecule has 1 aromatic carbocycles. The fourth-order valence-corrected chi connectivity index (χ4v) is 1.99. The van der Waals surface area contributed by atoms with E-state index in [1.165, 1.54) is 4.68 Å². The first-order chi connectivity index (χ1) is 10.3. The van der Waals surface area contributed by atoms with Crippen LogP contribution in [0.5, 0.6) is 5.75 Å². The Bertz CT molecular complexity index is 818. The van der Waals surface area contributed by atoms with Crippen molar-refractivity contribution in [1.29, 1.82) is 0 Å². The Morgan fingerprint density at radius 2 is 2.29 bits per heavy atom. The molecule has 0 amide bonds. The highest BCUT2D eigenvalue weighted by atomic mass is 32.1. The summed E-state index contributed by atoms with van der Waals surface area (Å²) in [5, 5.41) is 11.2. The van der Waals surface area contributed by atoms with E-state index in [0.717, 1.165) is 11.3 Å². The summed E-state index contributed by atoms with van der Waals surface area (Å²) in [5.41, 5.74) is 0.892. The van der Waals surface area contributed by atoms with Gasteiger partial charge in [-0.1, -0.05) is 12.1 Å². The van der Waals surface area contributed by atoms with Gasteiger partial charge in [0.15, 0.2) is 5.76 Å². The second-order valence-corrected chi connectivity index (χ2v) is 4.55. The fraction of sp³-hybridized carbons (Fsp3) is 0.0714. The summed E-state index contributed by atoms with van der Waals surface area (Å²) >= 11 is 5.18. The summed E-state index contributed by atoms with van der Waals surface area (Å²) in [6.07, 6.45) is 3.25. The van der Waals surface area contributed by atoms with Crippen LogP contribution in [0.2, 0.25) is 0 Å². The molecular formula is C14H12N4O2S. The summed E-state index contributed by atoms with van der Waals surface area (Å²) < 4.78 is 12.4. The summed E-state index contributed by atoms with van der Waals surface area (Å²) in [4.78, 5) is 0. The lowest BCUT2D eigenvalue weighted by atomic mass is 10.2. The highest BCUT2D eigenvalue weighted by Gasteiger charge is 2.10. The lowest BCUT2D eigenvalue weighted by molar-refractivity contribution is 0.415. The molecule has 0 aliphatic carbocycles. The lowest BCUT2D eigenvalue weighted by Gasteiger charge is -2.00. The Hall–Kier alpha value is -2.67. The molecule has 2 aromatic heterocycles. The molecule has 3 aromatic rings. The third-order valence-corrected chi connectivity index (χ3v) is 3.07. The first-order valence-electron chi connectivity index (χ1n) is 6.17. The molecule has 6 nitrogen and oxygen atoms in total. The van der Waals surface area contributed by atoms with Crippen molar-refractivity contribution >= 4 is 18.4 Å². The number of hydrogen-bond donors (Lipinski definition) is 1. The number of ether oxygens (including phenoxy) is 1. The van der Waals surface area contributed by atoms with Crippen LogP contribution >= 0.6 is 12.2 Å². The minimum absolute atomic E-state index is 0.389. The summed E-state index contributed by atoms with van der Waals surface area (Å²) in [6, 6.07) is 11.1. The Balaban J connectivity index is 1.96. The van der Waals surface area contributed by atoms with Crippen LogP contribution in [-0.4, -0.2) is 28.2 Å². The maximum atomic E-state index is 5.32. The van der Waals surface area contributed by atoms with Crippen LogP contribution in [0, 0.1) is 4.77 Å². The zero-order valence-corrected chi connectivity index (χ0v) is 12.0. The highest BCUT2D eigenvalue weighted by Crippen LogP contribution is 2.17. The van der Waals surface area contributed by atoms with Crippen molar-refractivity contribution < 1.29 is 9.15 Å². The third kappa shape index (κ3) is 2.77. The molecule has 0 bridgehead atoms. The van der Waals surface area contributed by atoms with Gasteiger partial charge in [0.25, 0.3) is 0 Å². The molecule has 1 N–H and O–H groups in total. The van der Waals surface area contributed by atoms with Crippen LogP contribution in [0.25, 0.3) is 11.6 Å². The molecule has 106 valence electrons. The maximum Gasteiger partial charge on any atom is 0.219 e. The maximum absolute atomic E-state index is 5.32. The van der Waals surface area contributed by atoms with Crippen molar-refractivity contribution in [3.8, 4) is 17.3 Å². The molecule has 0 saturated heterocycles. The molecule has 0 fully saturated rings. The Labute approximate surface area is 125 Å². The SMILES string of the molecule is COc1cccc(C=Nn2c(-c3ccco3)n[nH]c2=S)c1. The highest BCUT2D eigenvalue weighted by molar-refractivity contribution is 7.71. The normalized spacial score (nSPS) is 11.1. The molecular weight excluding hydrogens is 288 g/mol. The van der Waals surface area contributed by atoms with Crippen molar-refractivity contribution in [1.82, 2.24) is 14.9 Å². The van der Waals surface area contributed by atoms with Gasteiger partial charge in [-0.15, -0.1) is 5.10 Å². The van der Waals surface area contributed by atoms with E-state index in [0.29, 0.717) is 16.4 Å². The van der Waals surface area contributed by atoms with E-state index in [1.807, 2.05) is 24.3 Å². The molecule has 0 spiro atoms. The second kappa shape index (κ2) is 5.76. The number of furan rings is 1. The molecule has 21 heavy (non-hydrogen) atoms. The zero-order valence-electron chi connectivity index (χ0n) is 11.2. The Kier molecular flexibility index (Phi) is 3.65. The number of benzene rings is 1. The lowest BCUT2D eigenvalue weighted by Crippen LogP contribution is -1.94. The number of nitrogens with zero attached hydrogens (tertiary/aromatic N) is 3. The average molecular weight is 300 g/mol. The van der Waals surface area contributed by atoms with E-state index in [2.05, 4.69) is 15.3 Å². The van der Waals surface area contributed by atoms with E-state index >= 15 is 0 Å². The number of H-pyrrole nitrogens is 1. The third-order valence-electron chi connectivity index (χ3n) is 2.81. The number of hydrogen-bond acceptors (Lipinski definition) is 5. The van der Waals surface area contributed by atoms with Crippen LogP contribution in [0.1, 0.15) is 5.56 Å². The van der Waals surface area contributed by atoms with Crippen LogP contribution in [0.3, 0.4) is 0 Å². The number of methoxy groups -OCH3 is 1. The van der Waals surface area contributed by atoms with Crippen LogP contribution in [0.15, 0.2) is 52.2 Å². The first kappa shape index (κ1) is 13.3. The summed E-state index contributed by atoms with van der Waals surface area (Å²) in [6.45, 7) is 0. The number of rotatable bonds is 4. The molecule has 7 heteroatoms. The van der Waals surface area contributed by atoms with Gasteiger partial charge in [-0.3, -0.25) is 0 Å². The van der Waals surface area contributed by atoms with E-state index in [9.17, 15) is 0 Å². The van der Waals surface area contributed by atoms with E-state index < -0.39 is 0 Å². The average Bonchev–Trinajstić information content (AvgIpc) is 3.15. The van der Waals surface area contributed by atoms with Crippen LogP contribution in [0.4, 0.5) is 0 Å². The fourth-order valence-electron chi connectivity index (χ4n) is 1.81. The van der Waals surface area contributed by atoms with Crippen LogP contribution < -0.4 is 4.74 Å². The van der Waals surface area contributed by atoms with Gasteiger partial charge in [-0.05, 0) is 42.0 Å². The zero-order chi connectivity index (χ0) is 14.7. The molecule has 0 aliphatic heterocycles. The summed E-state index contributed by atoms with van der Waals surface area (Å²) in [5.74, 6) is 1.87. The Morgan fingerprint density at radius 3 is 3.05 bits per heavy atom. The van der Waals surface area contributed by atoms with Gasteiger partial charge in [0.2, 0.25) is 10.6 Å². The molecule has 0 unspecified atom stereocenters. The molecule has 2 heterocycles. The van der Waals surface area contributed by atoms with Gasteiger partial charge in [0.05, 0.1) is 19.6 Å². The van der Waals surface area contributed by atoms with Gasteiger partial charge < -0.3 is 9.15 Å². The molecule has 0 atom stereocenters. The van der Waals surface area contributed by atoms with E-state index in [-0.39, 0.29) is 0 Å². The van der Waals surface area contributed by atoms with E-state index in [1.54, 1.807) is 31.7 Å². The molecule has 0 aliphatic rings. The molecule has 0 radical (unpaired) electrons. The standard InChI is InChI=1S/C14H12N4O2S/c1-19-11-5-2-4-10(8-11)9-15-18-13(16-17-14(18)21)12-6-3-7-20-12/h2-9H,1H3,(H,17,21). The number of nitrogens with one attached hydrogen (secondary N) is 1. The minimum atomic E-state index is 0.389.